The van der Waals surface area contributed by atoms with Crippen LogP contribution in [0.15, 0.2) is 52.9 Å². The predicted molar refractivity (Wildman–Crippen MR) is 105 cm³/mol. The van der Waals surface area contributed by atoms with Crippen LogP contribution in [0.1, 0.15) is 32.1 Å². The highest BCUT2D eigenvalue weighted by atomic mass is 16.3. The second kappa shape index (κ2) is 6.82. The molecule has 1 unspecified atom stereocenters. The fourth-order valence-electron chi connectivity index (χ4n) is 4.14. The number of anilines is 1. The lowest BCUT2D eigenvalue weighted by atomic mass is 9.91. The largest absolute Gasteiger partial charge is 0.436 e. The van der Waals surface area contributed by atoms with Crippen LogP contribution in [-0.4, -0.2) is 34.4 Å². The third-order valence-corrected chi connectivity index (χ3v) is 5.83. The van der Waals surface area contributed by atoms with Gasteiger partial charge in [0.25, 0.3) is 0 Å². The molecule has 2 heterocycles. The Morgan fingerprint density at radius 1 is 1.04 bits per heavy atom. The molecule has 5 rings (SSSR count). The normalized spacial score (nSPS) is 20.7. The molecule has 138 valence electrons. The molecular weight excluding hydrogens is 338 g/mol. The maximum Gasteiger partial charge on any atom is 0.241 e. The lowest BCUT2D eigenvalue weighted by molar-refractivity contribution is -0.121. The number of nitrogens with one attached hydrogen (secondary N) is 1. The van der Waals surface area contributed by atoms with Crippen LogP contribution in [-0.2, 0) is 4.79 Å². The van der Waals surface area contributed by atoms with Crippen LogP contribution in [0.4, 0.5) is 5.69 Å². The molecule has 2 fully saturated rings. The van der Waals surface area contributed by atoms with Crippen molar-refractivity contribution in [2.75, 3.05) is 11.9 Å². The van der Waals surface area contributed by atoms with Gasteiger partial charge in [0.05, 0.1) is 6.04 Å². The van der Waals surface area contributed by atoms with E-state index >= 15 is 0 Å². The van der Waals surface area contributed by atoms with Gasteiger partial charge in [-0.3, -0.25) is 9.69 Å². The zero-order chi connectivity index (χ0) is 18.2. The fourth-order valence-corrected chi connectivity index (χ4v) is 4.14. The Bertz CT molecular complexity index is 926. The summed E-state index contributed by atoms with van der Waals surface area (Å²) in [5, 5.41) is 3.09. The first kappa shape index (κ1) is 16.5. The molecule has 0 radical (unpaired) electrons. The second-order valence-corrected chi connectivity index (χ2v) is 7.53. The van der Waals surface area contributed by atoms with Crippen molar-refractivity contribution in [1.82, 2.24) is 9.88 Å². The number of nitrogens with zero attached hydrogens (tertiary/aromatic N) is 2. The molecule has 3 aromatic rings. The van der Waals surface area contributed by atoms with Gasteiger partial charge in [-0.1, -0.05) is 18.6 Å². The molecule has 2 aromatic carbocycles. The highest BCUT2D eigenvalue weighted by Gasteiger charge is 2.37. The number of hydrogen-bond donors (Lipinski definition) is 1. The van der Waals surface area contributed by atoms with E-state index in [9.17, 15) is 4.79 Å². The highest BCUT2D eigenvalue weighted by Crippen LogP contribution is 2.32. The van der Waals surface area contributed by atoms with E-state index in [0.29, 0.717) is 11.9 Å². The monoisotopic (exact) mass is 361 g/mol. The Hall–Kier alpha value is -2.66. The van der Waals surface area contributed by atoms with Crippen LogP contribution >= 0.6 is 0 Å². The van der Waals surface area contributed by atoms with Gasteiger partial charge in [0.1, 0.15) is 5.52 Å². The van der Waals surface area contributed by atoms with E-state index < -0.39 is 0 Å². The van der Waals surface area contributed by atoms with E-state index in [-0.39, 0.29) is 11.9 Å². The number of carbonyl (C=O) groups is 1. The van der Waals surface area contributed by atoms with Gasteiger partial charge in [0.2, 0.25) is 11.8 Å². The molecule has 1 N–H and O–H groups in total. The number of benzene rings is 2. The van der Waals surface area contributed by atoms with Gasteiger partial charge in [-0.25, -0.2) is 4.98 Å². The summed E-state index contributed by atoms with van der Waals surface area (Å²) >= 11 is 0. The van der Waals surface area contributed by atoms with Gasteiger partial charge in [0.15, 0.2) is 5.58 Å². The molecule has 5 nitrogen and oxygen atoms in total. The first-order valence-electron chi connectivity index (χ1n) is 9.80. The van der Waals surface area contributed by atoms with Crippen LogP contribution in [0.3, 0.4) is 0 Å². The molecule has 0 spiro atoms. The maximum absolute atomic E-state index is 12.8. The summed E-state index contributed by atoms with van der Waals surface area (Å²) in [6, 6.07) is 16.1. The molecule has 1 atom stereocenters. The van der Waals surface area contributed by atoms with E-state index in [0.717, 1.165) is 41.7 Å². The van der Waals surface area contributed by atoms with Crippen LogP contribution in [0.25, 0.3) is 22.6 Å². The number of amides is 1. The molecule has 0 bridgehead atoms. The number of rotatable bonds is 4. The number of oxazole rings is 1. The summed E-state index contributed by atoms with van der Waals surface area (Å²) < 4.78 is 5.81. The minimum atomic E-state index is 0.0204. The number of para-hydroxylation sites is 2. The summed E-state index contributed by atoms with van der Waals surface area (Å²) in [6.45, 7) is 1.05. The predicted octanol–water partition coefficient (Wildman–Crippen LogP) is 4.45. The standard InChI is InChI=1S/C22H23N3O2/c26-21(19-8-4-14-25(19)17-5-3-6-17)23-16-12-10-15(11-13-16)22-24-18-7-1-2-9-20(18)27-22/h1-2,7,9-13,17,19H,3-6,8,14H2,(H,23,26). The van der Waals surface area contributed by atoms with E-state index in [1.807, 2.05) is 48.5 Å². The molecule has 1 aliphatic heterocycles. The smallest absolute Gasteiger partial charge is 0.241 e. The molecule has 27 heavy (non-hydrogen) atoms. The first-order valence-corrected chi connectivity index (χ1v) is 9.80. The SMILES string of the molecule is O=C(Nc1ccc(-c2nc3ccccc3o2)cc1)C1CCCN1C1CCC1. The molecular formula is C22H23N3O2. The van der Waals surface area contributed by atoms with E-state index in [1.165, 1.54) is 19.3 Å². The average molecular weight is 361 g/mol. The van der Waals surface area contributed by atoms with Crippen LogP contribution in [0.5, 0.6) is 0 Å². The van der Waals surface area contributed by atoms with E-state index in [4.69, 9.17) is 4.42 Å². The molecule has 2 aliphatic rings. The molecule has 1 saturated heterocycles. The quantitative estimate of drug-likeness (QED) is 0.746. The van der Waals surface area contributed by atoms with Crippen molar-refractivity contribution in [1.29, 1.82) is 0 Å². The first-order chi connectivity index (χ1) is 13.3. The van der Waals surface area contributed by atoms with Crippen molar-refractivity contribution in [3.05, 3.63) is 48.5 Å². The number of aromatic nitrogens is 1. The maximum atomic E-state index is 12.8. The van der Waals surface area contributed by atoms with Gasteiger partial charge < -0.3 is 9.73 Å². The fraction of sp³-hybridized carbons (Fsp3) is 0.364. The van der Waals surface area contributed by atoms with Gasteiger partial charge in [-0.2, -0.15) is 0 Å². The number of carbonyl (C=O) groups excluding carboxylic acids is 1. The zero-order valence-electron chi connectivity index (χ0n) is 15.2. The summed E-state index contributed by atoms with van der Waals surface area (Å²) in [5.74, 6) is 0.718. The van der Waals surface area contributed by atoms with Gasteiger partial charge in [-0.15, -0.1) is 0 Å². The van der Waals surface area contributed by atoms with Crippen molar-refractivity contribution < 1.29 is 9.21 Å². The lowest BCUT2D eigenvalue weighted by Crippen LogP contribution is -2.48. The molecule has 1 aliphatic carbocycles. The molecule has 1 amide bonds. The third kappa shape index (κ3) is 3.12. The Morgan fingerprint density at radius 3 is 2.59 bits per heavy atom. The topological polar surface area (TPSA) is 58.4 Å². The van der Waals surface area contributed by atoms with Crippen molar-refractivity contribution >= 4 is 22.7 Å². The second-order valence-electron chi connectivity index (χ2n) is 7.53. The minimum Gasteiger partial charge on any atom is -0.436 e. The van der Waals surface area contributed by atoms with Gasteiger partial charge in [0, 0.05) is 17.3 Å². The Labute approximate surface area is 158 Å². The molecule has 1 saturated carbocycles. The third-order valence-electron chi connectivity index (χ3n) is 5.83. The summed E-state index contributed by atoms with van der Waals surface area (Å²) in [5.41, 5.74) is 3.35. The molecule has 5 heteroatoms. The number of likely N-dealkylation sites (tertiary alicyclic amines) is 1. The highest BCUT2D eigenvalue weighted by molar-refractivity contribution is 5.95. The number of hydrogen-bond acceptors (Lipinski definition) is 4. The minimum absolute atomic E-state index is 0.0204. The van der Waals surface area contributed by atoms with Crippen molar-refractivity contribution in [3.63, 3.8) is 0 Å². The number of fused-ring (bicyclic) bond motifs is 1. The zero-order valence-corrected chi connectivity index (χ0v) is 15.2. The van der Waals surface area contributed by atoms with Crippen LogP contribution in [0, 0.1) is 0 Å². The lowest BCUT2D eigenvalue weighted by Gasteiger charge is -2.38. The van der Waals surface area contributed by atoms with Crippen LogP contribution < -0.4 is 5.32 Å². The molecule has 1 aromatic heterocycles. The summed E-state index contributed by atoms with van der Waals surface area (Å²) in [4.78, 5) is 19.7. The van der Waals surface area contributed by atoms with Crippen LogP contribution in [0.2, 0.25) is 0 Å². The summed E-state index contributed by atoms with van der Waals surface area (Å²) in [7, 11) is 0. The van der Waals surface area contributed by atoms with Crippen molar-refractivity contribution in [2.45, 2.75) is 44.2 Å². The van der Waals surface area contributed by atoms with Gasteiger partial charge >= 0.3 is 0 Å². The van der Waals surface area contributed by atoms with E-state index in [2.05, 4.69) is 15.2 Å². The van der Waals surface area contributed by atoms with Crippen molar-refractivity contribution in [3.8, 4) is 11.5 Å². The van der Waals surface area contributed by atoms with Crippen molar-refractivity contribution in [2.24, 2.45) is 0 Å². The van der Waals surface area contributed by atoms with Gasteiger partial charge in [-0.05, 0) is 68.6 Å². The average Bonchev–Trinajstić information content (AvgIpc) is 3.28. The Morgan fingerprint density at radius 2 is 1.85 bits per heavy atom. The Kier molecular flexibility index (Phi) is 4.17. The Balaban J connectivity index is 1.29. The summed E-state index contributed by atoms with van der Waals surface area (Å²) in [6.07, 6.45) is 5.85. The van der Waals surface area contributed by atoms with E-state index in [1.54, 1.807) is 0 Å².